The Kier molecular flexibility index (Phi) is 8.07. The first-order valence-electron chi connectivity index (χ1n) is 13.8. The molecular weight excluding hydrogens is 524 g/mol. The van der Waals surface area contributed by atoms with Crippen LogP contribution in [0, 0.1) is 0 Å². The summed E-state index contributed by atoms with van der Waals surface area (Å²) in [6.45, 7) is 7.04. The zero-order valence-electron chi connectivity index (χ0n) is 22.9. The number of amides is 1. The lowest BCUT2D eigenvalue weighted by atomic mass is 9.97. The van der Waals surface area contributed by atoms with E-state index in [-0.39, 0.29) is 29.9 Å². The highest BCUT2D eigenvalue weighted by molar-refractivity contribution is 7.88. The number of hydrogen-bond donors (Lipinski definition) is 2. The number of aliphatic hydroxyl groups excluding tert-OH is 1. The van der Waals surface area contributed by atoms with Crippen molar-refractivity contribution in [3.05, 3.63) is 34.7 Å². The number of carbonyl (C=O) groups excluding carboxylic acids is 1. The van der Waals surface area contributed by atoms with Gasteiger partial charge in [-0.1, -0.05) is 12.1 Å². The van der Waals surface area contributed by atoms with Crippen molar-refractivity contribution in [3.63, 3.8) is 0 Å². The number of aliphatic hydroxyl groups is 1. The van der Waals surface area contributed by atoms with E-state index in [0.717, 1.165) is 30.4 Å². The van der Waals surface area contributed by atoms with Gasteiger partial charge in [0.25, 0.3) is 0 Å². The number of aromatic nitrogens is 2. The maximum Gasteiger partial charge on any atom is 0.432 e. The molecule has 2 bridgehead atoms. The molecule has 0 saturated carbocycles. The van der Waals surface area contributed by atoms with Crippen molar-refractivity contribution in [1.82, 2.24) is 28.7 Å². The Hall–Kier alpha value is -2.45. The monoisotopic (exact) mass is 564 g/mol. The normalized spacial score (nSPS) is 25.8. The number of β-amino-alcohol motifs (C(OH)–C–C–N with tert-alkyl or cyclic N) is 1. The molecule has 3 aliphatic rings. The lowest BCUT2D eigenvalue weighted by Gasteiger charge is -2.41. The maximum absolute atomic E-state index is 13.0. The number of para-hydroxylation sites is 2. The number of piperazine rings is 1. The highest BCUT2D eigenvalue weighted by atomic mass is 32.2. The smallest absolute Gasteiger partial charge is 0.390 e. The molecule has 2 aromatic rings. The standard InChI is InChI=1S/C26H40N6O6S/c1-18(2)31-23-6-4-5-7-24(23)32(26(31)35)38-25(34)27-19-14-20-8-9-21(15-19)30(20)17-22(33)16-28-10-12-29(13-11-28)39(3,36)37/h4-7,18-22,33H,8-17H2,1-3H3,(H,27,34)/t19?,20-,21+,22?. The van der Waals surface area contributed by atoms with Gasteiger partial charge in [0.1, 0.15) is 5.52 Å². The quantitative estimate of drug-likeness (QED) is 0.473. The molecule has 3 aliphatic heterocycles. The number of rotatable bonds is 8. The molecule has 39 heavy (non-hydrogen) atoms. The Labute approximate surface area is 229 Å². The molecule has 1 aromatic heterocycles. The van der Waals surface area contributed by atoms with Gasteiger partial charge in [0.15, 0.2) is 0 Å². The van der Waals surface area contributed by atoms with Crippen molar-refractivity contribution in [2.75, 3.05) is 45.5 Å². The third-order valence-corrected chi connectivity index (χ3v) is 9.63. The molecule has 216 valence electrons. The Morgan fingerprint density at radius 2 is 1.67 bits per heavy atom. The van der Waals surface area contributed by atoms with Gasteiger partial charge in [-0.25, -0.2) is 18.0 Å². The fourth-order valence-corrected chi connectivity index (χ4v) is 7.37. The lowest BCUT2D eigenvalue weighted by Crippen LogP contribution is -2.55. The van der Waals surface area contributed by atoms with Gasteiger partial charge >= 0.3 is 11.8 Å². The molecule has 0 spiro atoms. The van der Waals surface area contributed by atoms with E-state index in [9.17, 15) is 23.1 Å². The number of carbonyl (C=O) groups is 1. The van der Waals surface area contributed by atoms with Crippen molar-refractivity contribution in [2.45, 2.75) is 69.8 Å². The summed E-state index contributed by atoms with van der Waals surface area (Å²) in [5.74, 6) is 0. The molecule has 0 aliphatic carbocycles. The van der Waals surface area contributed by atoms with Gasteiger partial charge in [-0.2, -0.15) is 4.31 Å². The average Bonchev–Trinajstić information content (AvgIpc) is 3.26. The van der Waals surface area contributed by atoms with Crippen LogP contribution in [0.5, 0.6) is 0 Å². The lowest BCUT2D eigenvalue weighted by molar-refractivity contribution is 0.0272. The zero-order valence-corrected chi connectivity index (χ0v) is 23.7. The van der Waals surface area contributed by atoms with E-state index >= 15 is 0 Å². The minimum absolute atomic E-state index is 0.0680. The highest BCUT2D eigenvalue weighted by Crippen LogP contribution is 2.35. The Morgan fingerprint density at radius 1 is 1.05 bits per heavy atom. The van der Waals surface area contributed by atoms with Crippen LogP contribution in [0.15, 0.2) is 29.1 Å². The molecule has 3 saturated heterocycles. The Morgan fingerprint density at radius 3 is 2.26 bits per heavy atom. The van der Waals surface area contributed by atoms with Gasteiger partial charge < -0.3 is 15.3 Å². The number of hydrogen-bond acceptors (Lipinski definition) is 8. The predicted molar refractivity (Wildman–Crippen MR) is 147 cm³/mol. The van der Waals surface area contributed by atoms with Gasteiger partial charge in [-0.05, 0) is 51.7 Å². The van der Waals surface area contributed by atoms with Crippen LogP contribution in [0.4, 0.5) is 4.79 Å². The summed E-state index contributed by atoms with van der Waals surface area (Å²) in [5, 5.41) is 13.8. The summed E-state index contributed by atoms with van der Waals surface area (Å²) >= 11 is 0. The van der Waals surface area contributed by atoms with Gasteiger partial charge in [0.05, 0.1) is 17.9 Å². The largest absolute Gasteiger partial charge is 0.432 e. The van der Waals surface area contributed by atoms with Crippen LogP contribution in [0.1, 0.15) is 45.6 Å². The minimum atomic E-state index is -3.17. The van der Waals surface area contributed by atoms with Crippen molar-refractivity contribution in [2.24, 2.45) is 0 Å². The number of benzene rings is 1. The topological polar surface area (TPSA) is 129 Å². The summed E-state index contributed by atoms with van der Waals surface area (Å²) in [4.78, 5) is 35.8. The molecular formula is C26H40N6O6S. The summed E-state index contributed by atoms with van der Waals surface area (Å²) in [6.07, 6.45) is 3.60. The van der Waals surface area contributed by atoms with Crippen molar-refractivity contribution >= 4 is 27.1 Å². The summed E-state index contributed by atoms with van der Waals surface area (Å²) in [5.41, 5.74) is 0.878. The van der Waals surface area contributed by atoms with E-state index in [4.69, 9.17) is 4.84 Å². The Balaban J connectivity index is 1.14. The van der Waals surface area contributed by atoms with E-state index in [1.165, 1.54) is 10.6 Å². The molecule has 0 radical (unpaired) electrons. The van der Waals surface area contributed by atoms with E-state index in [1.807, 2.05) is 32.0 Å². The second kappa shape index (κ2) is 11.2. The van der Waals surface area contributed by atoms with Gasteiger partial charge in [0, 0.05) is 63.4 Å². The molecule has 1 aromatic carbocycles. The SMILES string of the molecule is CC(C)n1c(=O)n(OC(=O)NC2C[C@H]3CC[C@@H](C2)N3CC(O)CN2CCN(S(C)(=O)=O)CC2)c2ccccc21. The molecule has 13 heteroatoms. The van der Waals surface area contributed by atoms with Gasteiger partial charge in [0.2, 0.25) is 10.0 Å². The first-order valence-corrected chi connectivity index (χ1v) is 15.7. The third kappa shape index (κ3) is 6.02. The fourth-order valence-electron chi connectivity index (χ4n) is 6.54. The maximum atomic E-state index is 13.0. The van der Waals surface area contributed by atoms with Gasteiger partial charge in [-0.15, -0.1) is 4.73 Å². The summed E-state index contributed by atoms with van der Waals surface area (Å²) in [6, 6.07) is 7.63. The first kappa shape index (κ1) is 28.1. The summed E-state index contributed by atoms with van der Waals surface area (Å²) < 4.78 is 27.6. The fraction of sp³-hybridized carbons (Fsp3) is 0.692. The van der Waals surface area contributed by atoms with Crippen molar-refractivity contribution < 1.29 is 23.2 Å². The molecule has 5 rings (SSSR count). The van der Waals surface area contributed by atoms with Crippen LogP contribution in [-0.2, 0) is 10.0 Å². The molecule has 2 unspecified atom stereocenters. The number of imidazole rings is 1. The number of sulfonamides is 1. The Bertz CT molecular complexity index is 1330. The molecule has 4 atom stereocenters. The first-order chi connectivity index (χ1) is 18.5. The van der Waals surface area contributed by atoms with Crippen LogP contribution in [0.2, 0.25) is 0 Å². The van der Waals surface area contributed by atoms with Crippen LogP contribution in [-0.4, -0.2) is 113 Å². The number of piperidine rings is 1. The van der Waals surface area contributed by atoms with Crippen LogP contribution >= 0.6 is 0 Å². The summed E-state index contributed by atoms with van der Waals surface area (Å²) in [7, 11) is -3.17. The number of nitrogens with zero attached hydrogens (tertiary/aromatic N) is 5. The van der Waals surface area contributed by atoms with Gasteiger partial charge in [-0.3, -0.25) is 14.4 Å². The third-order valence-electron chi connectivity index (χ3n) is 8.33. The average molecular weight is 565 g/mol. The highest BCUT2D eigenvalue weighted by Gasteiger charge is 2.42. The van der Waals surface area contributed by atoms with E-state index < -0.39 is 22.2 Å². The van der Waals surface area contributed by atoms with Crippen molar-refractivity contribution in [1.29, 1.82) is 0 Å². The van der Waals surface area contributed by atoms with Crippen molar-refractivity contribution in [3.8, 4) is 0 Å². The van der Waals surface area contributed by atoms with E-state index in [0.29, 0.717) is 50.3 Å². The molecule has 3 fully saturated rings. The second-order valence-corrected chi connectivity index (χ2v) is 13.4. The zero-order chi connectivity index (χ0) is 27.9. The number of fused-ring (bicyclic) bond motifs is 3. The molecule has 2 N–H and O–H groups in total. The number of nitrogens with one attached hydrogen (secondary N) is 1. The minimum Gasteiger partial charge on any atom is -0.390 e. The van der Waals surface area contributed by atoms with Crippen LogP contribution in [0.25, 0.3) is 11.0 Å². The molecule has 1 amide bonds. The molecule has 12 nitrogen and oxygen atoms in total. The molecule has 4 heterocycles. The van der Waals surface area contributed by atoms with E-state index in [2.05, 4.69) is 15.1 Å². The predicted octanol–water partition coefficient (Wildman–Crippen LogP) is 0.456. The second-order valence-electron chi connectivity index (χ2n) is 11.4. The van der Waals surface area contributed by atoms with Crippen LogP contribution in [0.3, 0.4) is 0 Å². The van der Waals surface area contributed by atoms with Crippen LogP contribution < -0.4 is 15.8 Å². The van der Waals surface area contributed by atoms with E-state index in [1.54, 1.807) is 10.6 Å².